The van der Waals surface area contributed by atoms with Gasteiger partial charge < -0.3 is 14.6 Å². The zero-order valence-corrected chi connectivity index (χ0v) is 19.3. The summed E-state index contributed by atoms with van der Waals surface area (Å²) in [6, 6.07) is 12.7. The van der Waals surface area contributed by atoms with Crippen molar-refractivity contribution in [2.75, 3.05) is 11.1 Å². The lowest BCUT2D eigenvalue weighted by atomic mass is 10.2. The van der Waals surface area contributed by atoms with Crippen molar-refractivity contribution in [2.24, 2.45) is 0 Å². The summed E-state index contributed by atoms with van der Waals surface area (Å²) in [7, 11) is 0. The highest BCUT2D eigenvalue weighted by Crippen LogP contribution is 2.25. The lowest BCUT2D eigenvalue weighted by Gasteiger charge is -2.13. The number of amides is 1. The maximum absolute atomic E-state index is 12.3. The molecule has 3 aromatic rings. The van der Waals surface area contributed by atoms with Crippen LogP contribution in [0.15, 0.2) is 53.7 Å². The molecule has 1 unspecified atom stereocenters. The first-order chi connectivity index (χ1) is 15.8. The molecule has 1 atom stereocenters. The summed E-state index contributed by atoms with van der Waals surface area (Å²) in [6.45, 7) is 3.94. The first-order valence-corrected chi connectivity index (χ1v) is 11.2. The number of rotatable bonds is 9. The van der Waals surface area contributed by atoms with Gasteiger partial charge in [0.05, 0.1) is 10.7 Å². The number of non-ortho nitro benzene ring substituents is 1. The molecule has 10 nitrogen and oxygen atoms in total. The van der Waals surface area contributed by atoms with Gasteiger partial charge in [-0.2, -0.15) is 0 Å². The molecule has 0 fully saturated rings. The van der Waals surface area contributed by atoms with Crippen molar-refractivity contribution in [1.29, 1.82) is 0 Å². The van der Waals surface area contributed by atoms with E-state index in [1.54, 1.807) is 12.1 Å². The number of halogens is 1. The van der Waals surface area contributed by atoms with Crippen LogP contribution in [0.4, 0.5) is 11.4 Å². The van der Waals surface area contributed by atoms with E-state index in [0.29, 0.717) is 22.5 Å². The van der Waals surface area contributed by atoms with Gasteiger partial charge in [0.2, 0.25) is 0 Å². The Labute approximate surface area is 198 Å². The molecular weight excluding hydrogens is 470 g/mol. The zero-order chi connectivity index (χ0) is 24.0. The lowest BCUT2D eigenvalue weighted by Crippen LogP contribution is -2.30. The molecule has 0 radical (unpaired) electrons. The monoisotopic (exact) mass is 489 g/mol. The molecule has 3 rings (SSSR count). The third-order valence-electron chi connectivity index (χ3n) is 4.46. The van der Waals surface area contributed by atoms with Crippen LogP contribution in [0.5, 0.6) is 0 Å². The number of aromatic nitrogens is 3. The Balaban J connectivity index is 1.56. The number of nitro groups is 1. The number of carbonyl (C=O) groups excluding carboxylic acids is 2. The number of thioether (sulfide) groups is 1. The highest BCUT2D eigenvalue weighted by Gasteiger charge is 2.20. The van der Waals surface area contributed by atoms with Crippen molar-refractivity contribution in [3.8, 4) is 11.4 Å². The summed E-state index contributed by atoms with van der Waals surface area (Å²) in [5.41, 5.74) is 0.915. The molecule has 172 valence electrons. The molecule has 0 bridgehead atoms. The molecule has 0 saturated carbocycles. The normalized spacial score (nSPS) is 11.6. The Bertz CT molecular complexity index is 1170. The summed E-state index contributed by atoms with van der Waals surface area (Å²) in [5.74, 6) is -0.640. The van der Waals surface area contributed by atoms with Gasteiger partial charge in [-0.3, -0.25) is 19.7 Å². The molecule has 0 saturated heterocycles. The smallest absolute Gasteiger partial charge is 0.317 e. The van der Waals surface area contributed by atoms with E-state index in [1.807, 2.05) is 23.6 Å². The van der Waals surface area contributed by atoms with Crippen molar-refractivity contribution < 1.29 is 19.2 Å². The van der Waals surface area contributed by atoms with E-state index >= 15 is 0 Å². The molecular formula is C21H20ClN5O5S. The minimum absolute atomic E-state index is 0.0762. The number of nitrogens with one attached hydrogen (secondary N) is 1. The first kappa shape index (κ1) is 24.2. The van der Waals surface area contributed by atoms with Crippen LogP contribution >= 0.6 is 23.4 Å². The van der Waals surface area contributed by atoms with E-state index in [9.17, 15) is 19.7 Å². The fourth-order valence-electron chi connectivity index (χ4n) is 2.84. The number of nitrogens with zero attached hydrogens (tertiary/aromatic N) is 4. The number of esters is 1. The van der Waals surface area contributed by atoms with Gasteiger partial charge in [0.25, 0.3) is 11.6 Å². The second kappa shape index (κ2) is 10.9. The molecule has 2 aromatic carbocycles. The van der Waals surface area contributed by atoms with Gasteiger partial charge in [-0.25, -0.2) is 0 Å². The molecule has 12 heteroatoms. The Kier molecular flexibility index (Phi) is 8.01. The second-order valence-corrected chi connectivity index (χ2v) is 8.15. The fraction of sp³-hybridized carbons (Fsp3) is 0.238. The van der Waals surface area contributed by atoms with Crippen LogP contribution in [0.25, 0.3) is 11.4 Å². The summed E-state index contributed by atoms with van der Waals surface area (Å²) in [6.07, 6.45) is -1.09. The van der Waals surface area contributed by atoms with Gasteiger partial charge in [0.15, 0.2) is 17.1 Å². The first-order valence-electron chi connectivity index (χ1n) is 9.85. The average molecular weight is 490 g/mol. The zero-order valence-electron chi connectivity index (χ0n) is 17.7. The van der Waals surface area contributed by atoms with Gasteiger partial charge in [-0.1, -0.05) is 29.4 Å². The number of nitro benzene ring substituents is 1. The highest BCUT2D eigenvalue weighted by atomic mass is 35.5. The van der Waals surface area contributed by atoms with Gasteiger partial charge in [-0.15, -0.1) is 10.2 Å². The number of hydrogen-bond donors (Lipinski definition) is 1. The van der Waals surface area contributed by atoms with E-state index in [0.717, 1.165) is 17.3 Å². The van der Waals surface area contributed by atoms with E-state index in [1.165, 1.54) is 31.2 Å². The Hall–Kier alpha value is -3.44. The predicted octanol–water partition coefficient (Wildman–Crippen LogP) is 4.19. The lowest BCUT2D eigenvalue weighted by molar-refractivity contribution is -0.384. The van der Waals surface area contributed by atoms with E-state index in [4.69, 9.17) is 16.3 Å². The van der Waals surface area contributed by atoms with Crippen LogP contribution < -0.4 is 5.32 Å². The van der Waals surface area contributed by atoms with Crippen molar-refractivity contribution >= 4 is 46.6 Å². The van der Waals surface area contributed by atoms with Crippen molar-refractivity contribution in [3.63, 3.8) is 0 Å². The van der Waals surface area contributed by atoms with Crippen LogP contribution in [-0.2, 0) is 20.9 Å². The molecule has 1 heterocycles. The summed E-state index contributed by atoms with van der Waals surface area (Å²) in [4.78, 5) is 34.8. The second-order valence-electron chi connectivity index (χ2n) is 6.77. The average Bonchev–Trinajstić information content (AvgIpc) is 3.21. The van der Waals surface area contributed by atoms with Gasteiger partial charge in [-0.05, 0) is 44.2 Å². The number of hydrogen-bond acceptors (Lipinski definition) is 8. The van der Waals surface area contributed by atoms with Crippen LogP contribution in [0, 0.1) is 10.1 Å². The van der Waals surface area contributed by atoms with E-state index in [2.05, 4.69) is 15.5 Å². The maximum atomic E-state index is 12.3. The molecule has 0 aliphatic heterocycles. The topological polar surface area (TPSA) is 129 Å². The molecule has 0 aliphatic carbocycles. The Morgan fingerprint density at radius 2 is 1.97 bits per heavy atom. The summed E-state index contributed by atoms with van der Waals surface area (Å²) >= 11 is 7.08. The maximum Gasteiger partial charge on any atom is 0.317 e. The van der Waals surface area contributed by atoms with Crippen LogP contribution in [-0.4, -0.2) is 43.4 Å². The highest BCUT2D eigenvalue weighted by molar-refractivity contribution is 7.99. The van der Waals surface area contributed by atoms with Gasteiger partial charge in [0, 0.05) is 35.0 Å². The number of ether oxygens (including phenoxy) is 1. The Morgan fingerprint density at radius 3 is 2.64 bits per heavy atom. The molecule has 1 N–H and O–H groups in total. The quantitative estimate of drug-likeness (QED) is 0.205. The molecule has 33 heavy (non-hydrogen) atoms. The van der Waals surface area contributed by atoms with Crippen LogP contribution in [0.1, 0.15) is 13.8 Å². The van der Waals surface area contributed by atoms with Crippen molar-refractivity contribution in [3.05, 3.63) is 63.7 Å². The van der Waals surface area contributed by atoms with Crippen LogP contribution in [0.3, 0.4) is 0 Å². The minimum atomic E-state index is -1.09. The van der Waals surface area contributed by atoms with Gasteiger partial charge in [0.1, 0.15) is 0 Å². The minimum Gasteiger partial charge on any atom is -0.452 e. The number of anilines is 1. The predicted molar refractivity (Wildman–Crippen MR) is 124 cm³/mol. The standard InChI is InChI=1S/C21H20ClN5O5S/c1-3-26-19(14-7-9-15(22)10-8-14)24-25-21(26)33-12-18(28)32-13(2)20(29)23-16-5-4-6-17(11-16)27(30)31/h4-11,13H,3,12H2,1-2H3,(H,23,29). The molecule has 0 aliphatic rings. The van der Waals surface area contributed by atoms with Gasteiger partial charge >= 0.3 is 5.97 Å². The van der Waals surface area contributed by atoms with E-state index < -0.39 is 22.9 Å². The van der Waals surface area contributed by atoms with Crippen LogP contribution in [0.2, 0.25) is 5.02 Å². The number of benzene rings is 2. The summed E-state index contributed by atoms with van der Waals surface area (Å²) in [5, 5.41) is 22.9. The largest absolute Gasteiger partial charge is 0.452 e. The molecule has 1 amide bonds. The fourth-order valence-corrected chi connectivity index (χ4v) is 3.75. The third-order valence-corrected chi connectivity index (χ3v) is 5.65. The molecule has 1 aromatic heterocycles. The third kappa shape index (κ3) is 6.30. The Morgan fingerprint density at radius 1 is 1.24 bits per heavy atom. The van der Waals surface area contributed by atoms with Crippen molar-refractivity contribution in [2.45, 2.75) is 31.7 Å². The van der Waals surface area contributed by atoms with Crippen molar-refractivity contribution in [1.82, 2.24) is 14.8 Å². The summed E-state index contributed by atoms with van der Waals surface area (Å²) < 4.78 is 7.04. The SMILES string of the molecule is CCn1c(SCC(=O)OC(C)C(=O)Nc2cccc([N+](=O)[O-])c2)nnc1-c1ccc(Cl)cc1. The molecule has 0 spiro atoms. The number of carbonyl (C=O) groups is 2. The van der Waals surface area contributed by atoms with E-state index in [-0.39, 0.29) is 17.1 Å².